The summed E-state index contributed by atoms with van der Waals surface area (Å²) >= 11 is 10.4. The van der Waals surface area contributed by atoms with Crippen molar-refractivity contribution in [1.29, 1.82) is 0 Å². The molecule has 4 nitrogen and oxygen atoms in total. The summed E-state index contributed by atoms with van der Waals surface area (Å²) < 4.78 is 10.2. The molecule has 2 aromatic rings. The number of halogens is 3. The van der Waals surface area contributed by atoms with E-state index in [0.29, 0.717) is 12.3 Å². The summed E-state index contributed by atoms with van der Waals surface area (Å²) in [6, 6.07) is 3.62. The first-order valence-electron chi connectivity index (χ1n) is 5.45. The molecule has 0 saturated heterocycles. The van der Waals surface area contributed by atoms with Crippen molar-refractivity contribution in [2.75, 3.05) is 5.73 Å². The van der Waals surface area contributed by atoms with Crippen LogP contribution in [0.4, 0.5) is 5.69 Å². The van der Waals surface area contributed by atoms with Crippen molar-refractivity contribution >= 4 is 53.5 Å². The molecule has 1 aromatic carbocycles. The Morgan fingerprint density at radius 2 is 1.84 bits per heavy atom. The summed E-state index contributed by atoms with van der Waals surface area (Å²) in [5.74, 6) is 0.722. The van der Waals surface area contributed by atoms with Crippen LogP contribution in [-0.4, -0.2) is 9.78 Å². The molecule has 2 N–H and O–H groups in total. The zero-order chi connectivity index (χ0) is 14.2. The minimum absolute atomic E-state index is 0.416. The van der Waals surface area contributed by atoms with Crippen LogP contribution in [0.1, 0.15) is 11.4 Å². The Balaban J connectivity index is 2.24. The van der Waals surface area contributed by atoms with E-state index >= 15 is 0 Å². The highest BCUT2D eigenvalue weighted by Gasteiger charge is 2.13. The quantitative estimate of drug-likeness (QED) is 0.709. The topological polar surface area (TPSA) is 53.1 Å². The van der Waals surface area contributed by atoms with Crippen molar-refractivity contribution in [2.45, 2.75) is 13.5 Å². The van der Waals surface area contributed by atoms with Gasteiger partial charge in [0.1, 0.15) is 12.4 Å². The second-order valence-corrected chi connectivity index (χ2v) is 6.57. The SMILES string of the molecule is Cc1nn(C)c(COc2c(Br)cc(N)cc2Br)c1Br. The lowest BCUT2D eigenvalue weighted by molar-refractivity contribution is 0.290. The van der Waals surface area contributed by atoms with E-state index in [2.05, 4.69) is 52.9 Å². The van der Waals surface area contributed by atoms with E-state index in [4.69, 9.17) is 10.5 Å². The summed E-state index contributed by atoms with van der Waals surface area (Å²) in [7, 11) is 1.89. The van der Waals surface area contributed by atoms with Crippen LogP contribution >= 0.6 is 47.8 Å². The molecule has 7 heteroatoms. The molecular formula is C12H12Br3N3O. The van der Waals surface area contributed by atoms with Gasteiger partial charge in [-0.2, -0.15) is 5.10 Å². The molecule has 0 saturated carbocycles. The van der Waals surface area contributed by atoms with Crippen LogP contribution in [-0.2, 0) is 13.7 Å². The third-order valence-corrected chi connectivity index (χ3v) is 4.85. The van der Waals surface area contributed by atoms with Crippen LogP contribution in [0.3, 0.4) is 0 Å². The zero-order valence-electron chi connectivity index (χ0n) is 10.4. The highest BCUT2D eigenvalue weighted by molar-refractivity contribution is 9.11. The van der Waals surface area contributed by atoms with Gasteiger partial charge in [-0.1, -0.05) is 0 Å². The predicted molar refractivity (Wildman–Crippen MR) is 86.2 cm³/mol. The van der Waals surface area contributed by atoms with E-state index in [1.807, 2.05) is 26.1 Å². The van der Waals surface area contributed by atoms with Crippen LogP contribution in [0.15, 0.2) is 25.6 Å². The van der Waals surface area contributed by atoms with Crippen LogP contribution in [0.5, 0.6) is 5.75 Å². The van der Waals surface area contributed by atoms with Gasteiger partial charge in [0.25, 0.3) is 0 Å². The summed E-state index contributed by atoms with van der Waals surface area (Å²) in [5, 5.41) is 4.33. The minimum atomic E-state index is 0.416. The van der Waals surface area contributed by atoms with E-state index in [1.54, 1.807) is 4.68 Å². The second kappa shape index (κ2) is 5.85. The van der Waals surface area contributed by atoms with Crippen molar-refractivity contribution in [3.8, 4) is 5.75 Å². The van der Waals surface area contributed by atoms with Gasteiger partial charge in [0.2, 0.25) is 0 Å². The van der Waals surface area contributed by atoms with Gasteiger partial charge >= 0.3 is 0 Å². The third-order valence-electron chi connectivity index (χ3n) is 2.64. The molecule has 0 radical (unpaired) electrons. The Hall–Kier alpha value is -0.530. The minimum Gasteiger partial charge on any atom is -0.485 e. The largest absolute Gasteiger partial charge is 0.485 e. The number of nitrogen functional groups attached to an aromatic ring is 1. The van der Waals surface area contributed by atoms with Gasteiger partial charge in [-0.25, -0.2) is 0 Å². The molecule has 0 amide bonds. The number of hydrogen-bond acceptors (Lipinski definition) is 3. The van der Waals surface area contributed by atoms with Crippen LogP contribution in [0.25, 0.3) is 0 Å². The highest BCUT2D eigenvalue weighted by Crippen LogP contribution is 2.36. The fourth-order valence-electron chi connectivity index (χ4n) is 1.69. The monoisotopic (exact) mass is 451 g/mol. The Bertz CT molecular complexity index is 602. The molecule has 2 rings (SSSR count). The first-order valence-corrected chi connectivity index (χ1v) is 7.83. The number of rotatable bonds is 3. The number of aryl methyl sites for hydroxylation is 2. The van der Waals surface area contributed by atoms with E-state index in [-0.39, 0.29) is 0 Å². The van der Waals surface area contributed by atoms with Crippen molar-refractivity contribution in [2.24, 2.45) is 7.05 Å². The Labute approximate surface area is 136 Å². The van der Waals surface area contributed by atoms with Gasteiger partial charge in [0, 0.05) is 12.7 Å². The van der Waals surface area contributed by atoms with E-state index < -0.39 is 0 Å². The first kappa shape index (κ1) is 14.9. The van der Waals surface area contributed by atoms with E-state index in [1.165, 1.54) is 0 Å². The number of anilines is 1. The first-order chi connectivity index (χ1) is 8.90. The number of benzene rings is 1. The lowest BCUT2D eigenvalue weighted by Crippen LogP contribution is -2.04. The average Bonchev–Trinajstić information content (AvgIpc) is 2.53. The van der Waals surface area contributed by atoms with E-state index in [9.17, 15) is 0 Å². The Morgan fingerprint density at radius 3 is 2.32 bits per heavy atom. The summed E-state index contributed by atoms with van der Waals surface area (Å²) in [6.45, 7) is 2.36. The fourth-order valence-corrected chi connectivity index (χ4v) is 3.60. The Morgan fingerprint density at radius 1 is 1.26 bits per heavy atom. The maximum atomic E-state index is 5.84. The van der Waals surface area contributed by atoms with Crippen LogP contribution in [0, 0.1) is 6.92 Å². The van der Waals surface area contributed by atoms with E-state index in [0.717, 1.165) is 30.6 Å². The summed E-state index contributed by atoms with van der Waals surface area (Å²) in [4.78, 5) is 0. The zero-order valence-corrected chi connectivity index (χ0v) is 15.1. The van der Waals surface area contributed by atoms with Gasteiger partial charge in [0.15, 0.2) is 0 Å². The standard InChI is InChI=1S/C12H12Br3N3O/c1-6-11(15)10(18(2)17-6)5-19-12-8(13)3-7(16)4-9(12)14/h3-4H,5,16H2,1-2H3. The van der Waals surface area contributed by atoms with Crippen molar-refractivity contribution in [3.05, 3.63) is 36.9 Å². The predicted octanol–water partition coefficient (Wildman–Crippen LogP) is 4.18. The molecule has 0 unspecified atom stereocenters. The lowest BCUT2D eigenvalue weighted by Gasteiger charge is -2.11. The molecule has 1 aromatic heterocycles. The average molecular weight is 454 g/mol. The number of nitrogens with zero attached hydrogens (tertiary/aromatic N) is 2. The fraction of sp³-hybridized carbons (Fsp3) is 0.250. The molecule has 0 fully saturated rings. The van der Waals surface area contributed by atoms with Crippen LogP contribution in [0.2, 0.25) is 0 Å². The van der Waals surface area contributed by atoms with Crippen molar-refractivity contribution in [1.82, 2.24) is 9.78 Å². The smallest absolute Gasteiger partial charge is 0.148 e. The highest BCUT2D eigenvalue weighted by atomic mass is 79.9. The normalized spacial score (nSPS) is 10.8. The maximum Gasteiger partial charge on any atom is 0.148 e. The second-order valence-electron chi connectivity index (χ2n) is 4.07. The summed E-state index contributed by atoms with van der Waals surface area (Å²) in [5.41, 5.74) is 8.34. The number of nitrogens with two attached hydrogens (primary N) is 1. The molecule has 0 bridgehead atoms. The molecule has 102 valence electrons. The van der Waals surface area contributed by atoms with Gasteiger partial charge in [0.05, 0.1) is 24.8 Å². The molecule has 0 aliphatic carbocycles. The van der Waals surface area contributed by atoms with Crippen LogP contribution < -0.4 is 10.5 Å². The Kier molecular flexibility index (Phi) is 4.58. The number of hydrogen-bond donors (Lipinski definition) is 1. The summed E-state index contributed by atoms with van der Waals surface area (Å²) in [6.07, 6.45) is 0. The molecular weight excluding hydrogens is 442 g/mol. The molecule has 0 aliphatic heterocycles. The lowest BCUT2D eigenvalue weighted by atomic mass is 10.3. The number of ether oxygens (including phenoxy) is 1. The van der Waals surface area contributed by atoms with Crippen molar-refractivity contribution in [3.63, 3.8) is 0 Å². The van der Waals surface area contributed by atoms with Gasteiger partial charge < -0.3 is 10.5 Å². The molecule has 0 aliphatic rings. The van der Waals surface area contributed by atoms with Gasteiger partial charge in [-0.3, -0.25) is 4.68 Å². The van der Waals surface area contributed by atoms with Gasteiger partial charge in [-0.15, -0.1) is 0 Å². The molecule has 1 heterocycles. The molecule has 19 heavy (non-hydrogen) atoms. The molecule has 0 spiro atoms. The van der Waals surface area contributed by atoms with Crippen molar-refractivity contribution < 1.29 is 4.74 Å². The molecule has 0 atom stereocenters. The third kappa shape index (κ3) is 3.14. The maximum absolute atomic E-state index is 5.84. The van der Waals surface area contributed by atoms with Gasteiger partial charge in [-0.05, 0) is 66.8 Å². The number of aromatic nitrogens is 2.